The fourth-order valence-corrected chi connectivity index (χ4v) is 11.7. The topological polar surface area (TPSA) is 153 Å². The van der Waals surface area contributed by atoms with Crippen LogP contribution in [0.2, 0.25) is 0 Å². The van der Waals surface area contributed by atoms with Crippen molar-refractivity contribution in [2.24, 2.45) is 29.1 Å². The zero-order chi connectivity index (χ0) is 47.5. The first kappa shape index (κ1) is 47.7. The van der Waals surface area contributed by atoms with E-state index in [0.29, 0.717) is 29.1 Å². The number of benzene rings is 2. The van der Waals surface area contributed by atoms with E-state index in [9.17, 15) is 24.3 Å². The van der Waals surface area contributed by atoms with Crippen LogP contribution in [0, 0.1) is 29.1 Å². The lowest BCUT2D eigenvalue weighted by molar-refractivity contribution is -0.209. The monoisotopic (exact) mass is 921 g/mol. The van der Waals surface area contributed by atoms with E-state index in [1.165, 1.54) is 10.5 Å². The summed E-state index contributed by atoms with van der Waals surface area (Å²) in [5.41, 5.74) is 3.65. The van der Waals surface area contributed by atoms with Crippen molar-refractivity contribution < 1.29 is 48.0 Å². The van der Waals surface area contributed by atoms with Gasteiger partial charge in [-0.25, -0.2) is 4.79 Å². The van der Waals surface area contributed by atoms with Crippen molar-refractivity contribution in [3.63, 3.8) is 0 Å². The van der Waals surface area contributed by atoms with Crippen LogP contribution < -0.4 is 5.32 Å². The predicted octanol–water partition coefficient (Wildman–Crippen LogP) is 8.29. The van der Waals surface area contributed by atoms with Gasteiger partial charge in [-0.15, -0.1) is 0 Å². The lowest BCUT2D eigenvalue weighted by Crippen LogP contribution is -2.53. The summed E-state index contributed by atoms with van der Waals surface area (Å²) in [4.78, 5) is 57.4. The highest BCUT2D eigenvalue weighted by molar-refractivity contribution is 5.97. The second-order valence-electron chi connectivity index (χ2n) is 22.7. The molecule has 12 heteroatoms. The average molecular weight is 921 g/mol. The molecule has 0 spiro atoms. The molecule has 6 fully saturated rings. The van der Waals surface area contributed by atoms with E-state index in [0.717, 1.165) is 68.9 Å². The maximum absolute atomic E-state index is 14.8. The van der Waals surface area contributed by atoms with Gasteiger partial charge in [0.25, 0.3) is 0 Å². The third-order valence-corrected chi connectivity index (χ3v) is 15.9. The van der Waals surface area contributed by atoms with E-state index in [4.69, 9.17) is 23.7 Å². The number of esters is 2. The van der Waals surface area contributed by atoms with Crippen LogP contribution in [0.1, 0.15) is 140 Å². The summed E-state index contributed by atoms with van der Waals surface area (Å²) in [6.45, 7) is 12.0. The smallest absolute Gasteiger partial charge is 0.338 e. The van der Waals surface area contributed by atoms with Crippen molar-refractivity contribution in [1.82, 2.24) is 10.2 Å². The lowest BCUT2D eigenvalue weighted by atomic mass is 9.52. The molecule has 2 aromatic rings. The number of aliphatic hydroxyl groups excluding tert-OH is 1. The first-order chi connectivity index (χ1) is 31.8. The van der Waals surface area contributed by atoms with Gasteiger partial charge in [0.2, 0.25) is 11.8 Å². The number of epoxide rings is 1. The Morgan fingerprint density at radius 3 is 2.34 bits per heavy atom. The molecule has 1 unspecified atom stereocenters. The second-order valence-corrected chi connectivity index (χ2v) is 22.7. The molecule has 0 radical (unpaired) electrons. The Bertz CT molecular complexity index is 2240. The molecule has 2 saturated heterocycles. The molecule has 2 amide bonds. The van der Waals surface area contributed by atoms with Crippen molar-refractivity contribution in [1.29, 1.82) is 0 Å². The van der Waals surface area contributed by atoms with E-state index in [1.807, 2.05) is 48.5 Å². The van der Waals surface area contributed by atoms with Crippen LogP contribution in [0.25, 0.3) is 6.08 Å². The van der Waals surface area contributed by atoms with Gasteiger partial charge in [0.15, 0.2) is 5.79 Å². The number of carbonyl (C=O) groups is 4. The highest BCUT2D eigenvalue weighted by Crippen LogP contribution is 2.61. The second kappa shape index (κ2) is 18.5. The number of ether oxygens (including phenoxy) is 5. The molecule has 2 aromatic carbocycles. The number of nitrogens with zero attached hydrogens (tertiary/aromatic N) is 1. The molecule has 2 N–H and O–H groups in total. The van der Waals surface area contributed by atoms with Gasteiger partial charge in [-0.3, -0.25) is 14.4 Å². The number of carbonyl (C=O) groups excluding carboxylic acids is 4. The van der Waals surface area contributed by atoms with Crippen LogP contribution in [0.4, 0.5) is 0 Å². The Labute approximate surface area is 396 Å². The highest BCUT2D eigenvalue weighted by Gasteiger charge is 2.65. The number of hydrogen-bond donors (Lipinski definition) is 2. The summed E-state index contributed by atoms with van der Waals surface area (Å²) >= 11 is 0. The third kappa shape index (κ3) is 10.5. The fourth-order valence-electron chi connectivity index (χ4n) is 11.7. The Morgan fingerprint density at radius 1 is 0.940 bits per heavy atom. The average Bonchev–Trinajstić information content (AvgIpc) is 4.21. The van der Waals surface area contributed by atoms with Gasteiger partial charge in [0.05, 0.1) is 29.9 Å². The number of nitrogens with one attached hydrogen (secondary N) is 1. The normalized spacial score (nSPS) is 30.9. The minimum absolute atomic E-state index is 0.00108. The van der Waals surface area contributed by atoms with Gasteiger partial charge in [-0.2, -0.15) is 0 Å². The lowest BCUT2D eigenvalue weighted by Gasteiger charge is -2.53. The summed E-state index contributed by atoms with van der Waals surface area (Å²) in [7, 11) is 1.60. The van der Waals surface area contributed by atoms with E-state index in [2.05, 4.69) is 38.2 Å². The third-order valence-electron chi connectivity index (χ3n) is 15.9. The first-order valence-corrected chi connectivity index (χ1v) is 25.0. The largest absolute Gasteiger partial charge is 0.460 e. The van der Waals surface area contributed by atoms with Crippen LogP contribution in [-0.4, -0.2) is 101 Å². The summed E-state index contributed by atoms with van der Waals surface area (Å²) in [5.74, 6) is -0.976. The quantitative estimate of drug-likeness (QED) is 0.132. The molecule has 7 aliphatic rings. The molecule has 2 heterocycles. The molecule has 67 heavy (non-hydrogen) atoms. The summed E-state index contributed by atoms with van der Waals surface area (Å²) < 4.78 is 31.9. The molecule has 2 aliphatic heterocycles. The zero-order valence-corrected chi connectivity index (χ0v) is 40.6. The van der Waals surface area contributed by atoms with Crippen molar-refractivity contribution in [2.75, 3.05) is 13.7 Å². The molecule has 362 valence electrons. The fraction of sp³-hybridized carbons (Fsp3) is 0.636. The van der Waals surface area contributed by atoms with Crippen molar-refractivity contribution in [2.45, 2.75) is 179 Å². The number of hydrogen-bond acceptors (Lipinski definition) is 10. The van der Waals surface area contributed by atoms with Crippen LogP contribution in [-0.2, 0) is 44.5 Å². The van der Waals surface area contributed by atoms with E-state index in [-0.39, 0.29) is 48.5 Å². The van der Waals surface area contributed by atoms with E-state index in [1.54, 1.807) is 33.9 Å². The minimum Gasteiger partial charge on any atom is -0.460 e. The number of allylic oxidation sites excluding steroid dienone is 1. The van der Waals surface area contributed by atoms with Crippen molar-refractivity contribution in [3.8, 4) is 0 Å². The molecule has 9 atom stereocenters. The maximum atomic E-state index is 14.8. The minimum atomic E-state index is -0.982. The number of likely N-dealkylation sites (N-methyl/N-ethyl adjacent to an activating group) is 1. The van der Waals surface area contributed by atoms with Gasteiger partial charge in [0.1, 0.15) is 30.0 Å². The highest BCUT2D eigenvalue weighted by atomic mass is 16.8. The SMILES string of the molecule is CN(C(=O)C1=C[C@H]2OC(C3CC3)(C3CC3)O[C@H]2[C@H](OC(=O)c2cccc(C=C3CCC4O[C@]4(C)CC[C@@H]4[C@@H]3CC4(C)C)c2)C1)[C@H](Cc1ccccc1)C(=O)N[C@H](CO)CCC(=O)OC(C)(C)C. The Hall–Kier alpha value is -4.36. The number of aliphatic hydroxyl groups is 1. The van der Waals surface area contributed by atoms with Crippen LogP contribution in [0.15, 0.2) is 71.8 Å². The molecule has 9 rings (SSSR count). The first-order valence-electron chi connectivity index (χ1n) is 25.0. The number of rotatable bonds is 15. The van der Waals surface area contributed by atoms with Crippen molar-refractivity contribution >= 4 is 29.8 Å². The molecule has 5 aliphatic carbocycles. The van der Waals surface area contributed by atoms with Gasteiger partial charge >= 0.3 is 11.9 Å². The summed E-state index contributed by atoms with van der Waals surface area (Å²) in [6.07, 6.45) is 12.1. The summed E-state index contributed by atoms with van der Waals surface area (Å²) in [6, 6.07) is 15.4. The van der Waals surface area contributed by atoms with Gasteiger partial charge in [-0.05, 0) is 138 Å². The molecular formula is C55H72N2O10. The Balaban J connectivity index is 0.945. The van der Waals surface area contributed by atoms with Crippen LogP contribution in [0.3, 0.4) is 0 Å². The van der Waals surface area contributed by atoms with Crippen LogP contribution in [0.5, 0.6) is 0 Å². The van der Waals surface area contributed by atoms with Crippen LogP contribution >= 0.6 is 0 Å². The molecule has 0 aromatic heterocycles. The molecule has 0 bridgehead atoms. The van der Waals surface area contributed by atoms with Gasteiger partial charge in [-0.1, -0.05) is 68.0 Å². The van der Waals surface area contributed by atoms with E-state index >= 15 is 0 Å². The zero-order valence-electron chi connectivity index (χ0n) is 40.6. The van der Waals surface area contributed by atoms with Gasteiger partial charge < -0.3 is 39.0 Å². The maximum Gasteiger partial charge on any atom is 0.338 e. The Morgan fingerprint density at radius 2 is 1.67 bits per heavy atom. The molecule has 4 saturated carbocycles. The predicted molar refractivity (Wildman–Crippen MR) is 252 cm³/mol. The molecular weight excluding hydrogens is 849 g/mol. The van der Waals surface area contributed by atoms with E-state index < -0.39 is 72.1 Å². The van der Waals surface area contributed by atoms with Gasteiger partial charge in [0, 0.05) is 43.7 Å². The number of amides is 2. The number of fused-ring (bicyclic) bond motifs is 3. The van der Waals surface area contributed by atoms with Crippen molar-refractivity contribution in [3.05, 3.63) is 88.5 Å². The molecule has 12 nitrogen and oxygen atoms in total. The summed E-state index contributed by atoms with van der Waals surface area (Å²) in [5, 5.41) is 13.2. The standard InChI is InChI=1S/C55H72N2O10/c1-52(2,3)66-47(59)23-21-40(32-58)56-49(60)43(28-33-12-9-8-10-13-33)57(7)50(61)37-29-44(48-45(30-37)64-55(67-48,38-17-18-38)39-19-20-39)63-51(62)36-15-11-14-34(27-36)26-35-16-22-46-54(6,65-46)25-24-42-41(35)31-53(42,4)5/h8-15,26-27,30,38-46,48,58H,16-25,28-29,31-32H2,1-7H3,(H,56,60)/t40-,41+,42+,43+,44+,45+,46?,48-,54+/m0/s1. The Kier molecular flexibility index (Phi) is 13.2.